The Labute approximate surface area is 291 Å². The fraction of sp³-hybridized carbons (Fsp3) is 0.353. The van der Waals surface area contributed by atoms with Gasteiger partial charge in [-0.05, 0) is 105 Å². The molecule has 43 heavy (non-hydrogen) atoms. The summed E-state index contributed by atoms with van der Waals surface area (Å²) in [6.07, 6.45) is 12.4. The van der Waals surface area contributed by atoms with Gasteiger partial charge >= 0.3 is 0 Å². The molecule has 0 fully saturated rings. The Morgan fingerprint density at radius 2 is 1.00 bits per heavy atom. The van der Waals surface area contributed by atoms with E-state index in [4.69, 9.17) is 8.75 Å². The van der Waals surface area contributed by atoms with Crippen molar-refractivity contribution in [3.63, 3.8) is 0 Å². The summed E-state index contributed by atoms with van der Waals surface area (Å²) in [5.74, 6) is 0. The first kappa shape index (κ1) is 31.8. The monoisotopic (exact) mass is 788 g/mol. The minimum Gasteiger partial charge on any atom is -0.172 e. The lowest BCUT2D eigenvalue weighted by atomic mass is 10.0. The van der Waals surface area contributed by atoms with Gasteiger partial charge in [-0.25, -0.2) is 0 Å². The van der Waals surface area contributed by atoms with Crippen molar-refractivity contribution in [3.8, 4) is 40.4 Å². The molecule has 0 unspecified atom stereocenters. The molecule has 0 saturated heterocycles. The molecule has 5 aromatic heterocycles. The zero-order valence-corrected chi connectivity index (χ0v) is 31.6. The van der Waals surface area contributed by atoms with Gasteiger partial charge in [0.15, 0.2) is 0 Å². The van der Waals surface area contributed by atoms with Crippen LogP contribution in [0.15, 0.2) is 56.1 Å². The Bertz CT molecular complexity index is 1680. The molecule has 5 heterocycles. The lowest BCUT2D eigenvalue weighted by Crippen LogP contribution is -1.86. The quantitative estimate of drug-likeness (QED) is 0.103. The fourth-order valence-corrected chi connectivity index (χ4v) is 11.6. The van der Waals surface area contributed by atoms with E-state index in [1.54, 1.807) is 0 Å². The van der Waals surface area contributed by atoms with Crippen molar-refractivity contribution >= 4 is 100.0 Å². The second-order valence-corrected chi connectivity index (χ2v) is 18.4. The summed E-state index contributed by atoms with van der Waals surface area (Å²) in [4.78, 5) is 8.08. The Morgan fingerprint density at radius 1 is 0.535 bits per heavy atom. The van der Waals surface area contributed by atoms with Crippen molar-refractivity contribution < 1.29 is 0 Å². The van der Waals surface area contributed by atoms with Crippen LogP contribution in [0.4, 0.5) is 0 Å². The average Bonchev–Trinajstić information content (AvgIpc) is 3.83. The summed E-state index contributed by atoms with van der Waals surface area (Å²) in [6.45, 7) is 4.56. The molecule has 224 valence electrons. The number of nitrogens with zero attached hydrogens (tertiary/aromatic N) is 2. The minimum absolute atomic E-state index is 1.03. The highest BCUT2D eigenvalue weighted by Crippen LogP contribution is 2.47. The van der Waals surface area contributed by atoms with E-state index in [2.05, 4.69) is 94.2 Å². The molecule has 0 atom stereocenters. The summed E-state index contributed by atoms with van der Waals surface area (Å²) in [5.41, 5.74) is 7.38. The molecule has 0 saturated carbocycles. The Hall–Kier alpha value is -1.20. The van der Waals surface area contributed by atoms with Gasteiger partial charge in [-0.2, -0.15) is 8.75 Å². The van der Waals surface area contributed by atoms with Crippen molar-refractivity contribution in [2.75, 3.05) is 0 Å². The maximum Gasteiger partial charge on any atom is 0.114 e. The SMILES string of the molecule is CCCCCCc1cc(-c2ccc(-c3cc(CCCCCC)c(-c4ccc(Br)s4)s3)c3nsnc23)sc1-c1ccc(Br)s1. The van der Waals surface area contributed by atoms with Crippen molar-refractivity contribution in [3.05, 3.63) is 67.2 Å². The predicted octanol–water partition coefficient (Wildman–Crippen LogP) is 14.4. The van der Waals surface area contributed by atoms with E-state index < -0.39 is 0 Å². The van der Waals surface area contributed by atoms with Crippen LogP contribution < -0.4 is 0 Å². The first-order valence-electron chi connectivity index (χ1n) is 15.1. The first-order chi connectivity index (χ1) is 21.1. The molecule has 0 spiro atoms. The topological polar surface area (TPSA) is 25.8 Å². The summed E-state index contributed by atoms with van der Waals surface area (Å²) in [6, 6.07) is 18.3. The predicted molar refractivity (Wildman–Crippen MR) is 202 cm³/mol. The molecule has 0 N–H and O–H groups in total. The minimum atomic E-state index is 1.03. The number of benzene rings is 1. The molecular weight excluding hydrogens is 757 g/mol. The van der Waals surface area contributed by atoms with E-state index in [-0.39, 0.29) is 0 Å². The van der Waals surface area contributed by atoms with Crippen molar-refractivity contribution in [1.82, 2.24) is 8.75 Å². The molecule has 0 radical (unpaired) electrons. The van der Waals surface area contributed by atoms with Crippen LogP contribution in [0.2, 0.25) is 0 Å². The van der Waals surface area contributed by atoms with Crippen LogP contribution in [0.1, 0.15) is 76.3 Å². The van der Waals surface area contributed by atoms with Crippen LogP contribution in [-0.2, 0) is 12.8 Å². The summed E-state index contributed by atoms with van der Waals surface area (Å²) in [5, 5.41) is 0. The lowest BCUT2D eigenvalue weighted by molar-refractivity contribution is 0.668. The Balaban J connectivity index is 1.37. The molecule has 0 aliphatic heterocycles. The van der Waals surface area contributed by atoms with Crippen LogP contribution in [0.5, 0.6) is 0 Å². The highest BCUT2D eigenvalue weighted by molar-refractivity contribution is 9.11. The van der Waals surface area contributed by atoms with Gasteiger partial charge in [0.2, 0.25) is 0 Å². The molecule has 6 aromatic rings. The number of aryl methyl sites for hydroxylation is 2. The molecule has 0 aliphatic rings. The second kappa shape index (κ2) is 14.9. The lowest BCUT2D eigenvalue weighted by Gasteiger charge is -2.03. The normalized spacial score (nSPS) is 11.7. The van der Waals surface area contributed by atoms with Gasteiger partial charge in [0, 0.05) is 40.4 Å². The van der Waals surface area contributed by atoms with E-state index in [1.165, 1.54) is 122 Å². The smallest absolute Gasteiger partial charge is 0.114 e. The third-order valence-corrected chi connectivity index (χ3v) is 14.3. The Morgan fingerprint density at radius 3 is 1.40 bits per heavy atom. The zero-order valence-electron chi connectivity index (χ0n) is 24.4. The third kappa shape index (κ3) is 7.29. The first-order valence-corrected chi connectivity index (χ1v) is 20.7. The molecule has 0 bridgehead atoms. The number of hydrogen-bond acceptors (Lipinski definition) is 7. The van der Waals surface area contributed by atoms with Gasteiger partial charge in [-0.15, -0.1) is 45.3 Å². The highest BCUT2D eigenvalue weighted by atomic mass is 79.9. The molecule has 9 heteroatoms. The molecular formula is C34H34Br2N2S5. The van der Waals surface area contributed by atoms with Crippen molar-refractivity contribution in [2.24, 2.45) is 0 Å². The van der Waals surface area contributed by atoms with Crippen molar-refractivity contribution in [2.45, 2.75) is 78.1 Å². The number of halogens is 2. The molecule has 6 rings (SSSR count). The molecule has 2 nitrogen and oxygen atoms in total. The second-order valence-electron chi connectivity index (χ2n) is 10.9. The average molecular weight is 791 g/mol. The maximum atomic E-state index is 4.88. The van der Waals surface area contributed by atoms with E-state index in [9.17, 15) is 0 Å². The highest BCUT2D eigenvalue weighted by Gasteiger charge is 2.21. The van der Waals surface area contributed by atoms with E-state index in [0.717, 1.165) is 23.9 Å². The van der Waals surface area contributed by atoms with Gasteiger partial charge in [0.25, 0.3) is 0 Å². The van der Waals surface area contributed by atoms with Gasteiger partial charge in [0.1, 0.15) is 11.0 Å². The zero-order chi connectivity index (χ0) is 29.8. The fourth-order valence-electron chi connectivity index (χ4n) is 5.53. The number of hydrogen-bond donors (Lipinski definition) is 0. The number of thiophene rings is 4. The summed E-state index contributed by atoms with van der Waals surface area (Å²) < 4.78 is 12.1. The number of fused-ring (bicyclic) bond motifs is 1. The standard InChI is InChI=1S/C34H34Br2N2S5/c1-3-5-7-9-11-21-19-27(41-33(21)25-15-17-29(35)39-25)23-13-14-24(32-31(23)37-43-38-32)28-20-22(12-10-8-6-4-2)34(42-28)26-16-18-30(36)40-26/h13-20H,3-12H2,1-2H3. The number of rotatable bonds is 14. The Kier molecular flexibility index (Phi) is 11.0. The van der Waals surface area contributed by atoms with Crippen LogP contribution in [-0.4, -0.2) is 8.75 Å². The summed E-state index contributed by atoms with van der Waals surface area (Å²) >= 11 is 16.2. The molecule has 0 amide bonds. The van der Waals surface area contributed by atoms with E-state index in [0.29, 0.717) is 0 Å². The van der Waals surface area contributed by atoms with E-state index >= 15 is 0 Å². The molecule has 0 aliphatic carbocycles. The van der Waals surface area contributed by atoms with Gasteiger partial charge < -0.3 is 0 Å². The van der Waals surface area contributed by atoms with Crippen LogP contribution >= 0.6 is 88.9 Å². The van der Waals surface area contributed by atoms with E-state index in [1.807, 2.05) is 45.3 Å². The van der Waals surface area contributed by atoms with Gasteiger partial charge in [0.05, 0.1) is 19.3 Å². The van der Waals surface area contributed by atoms with Crippen LogP contribution in [0.25, 0.3) is 51.4 Å². The van der Waals surface area contributed by atoms with Gasteiger partial charge in [-0.1, -0.05) is 64.5 Å². The van der Waals surface area contributed by atoms with Crippen LogP contribution in [0.3, 0.4) is 0 Å². The van der Waals surface area contributed by atoms with Gasteiger partial charge in [-0.3, -0.25) is 0 Å². The maximum absolute atomic E-state index is 4.88. The van der Waals surface area contributed by atoms with Crippen LogP contribution in [0, 0.1) is 0 Å². The largest absolute Gasteiger partial charge is 0.172 e. The summed E-state index contributed by atoms with van der Waals surface area (Å²) in [7, 11) is 0. The third-order valence-electron chi connectivity index (χ3n) is 7.76. The van der Waals surface area contributed by atoms with Crippen molar-refractivity contribution in [1.29, 1.82) is 0 Å². The molecule has 1 aromatic carbocycles. The number of unbranched alkanes of at least 4 members (excludes halogenated alkanes) is 6. The number of aromatic nitrogens is 2.